The zero-order valence-electron chi connectivity index (χ0n) is 11.8. The van der Waals surface area contributed by atoms with Crippen LogP contribution < -0.4 is 0 Å². The highest BCUT2D eigenvalue weighted by molar-refractivity contribution is 5.97. The Hall–Kier alpha value is -1.64. The minimum Gasteiger partial charge on any atom is -0.392 e. The second-order valence-corrected chi connectivity index (χ2v) is 6.94. The summed E-state index contributed by atoms with van der Waals surface area (Å²) < 4.78 is 5.11. The number of benzene rings is 1. The third kappa shape index (κ3) is 1.17. The van der Waals surface area contributed by atoms with Crippen molar-refractivity contribution >= 4 is 11.9 Å². The molecular formula is C17H18O3. The molecule has 1 saturated carbocycles. The molecule has 1 saturated heterocycles. The van der Waals surface area contributed by atoms with Crippen LogP contribution in [0.25, 0.3) is 0 Å². The molecule has 4 rings (SSSR count). The molecule has 3 heteroatoms. The molecule has 1 aromatic rings. The van der Waals surface area contributed by atoms with E-state index in [1.807, 2.05) is 25.1 Å². The zero-order chi connectivity index (χ0) is 14.1. The fourth-order valence-corrected chi connectivity index (χ4v) is 5.11. The highest BCUT2D eigenvalue weighted by Gasteiger charge is 2.66. The molecule has 3 nitrogen and oxygen atoms in total. The van der Waals surface area contributed by atoms with Crippen LogP contribution in [0.2, 0.25) is 0 Å². The maximum atomic E-state index is 12.3. The van der Waals surface area contributed by atoms with Crippen LogP contribution in [-0.4, -0.2) is 11.9 Å². The third-order valence-electron chi connectivity index (χ3n) is 5.92. The van der Waals surface area contributed by atoms with Crippen LogP contribution in [0.15, 0.2) is 24.3 Å². The lowest BCUT2D eigenvalue weighted by Gasteiger charge is -2.50. The van der Waals surface area contributed by atoms with E-state index in [1.54, 1.807) is 0 Å². The quantitative estimate of drug-likeness (QED) is 0.538. The molecule has 0 aromatic heterocycles. The molecule has 3 aliphatic rings. The van der Waals surface area contributed by atoms with Crippen molar-refractivity contribution in [3.8, 4) is 0 Å². The summed E-state index contributed by atoms with van der Waals surface area (Å²) in [5.74, 6) is -0.882. The summed E-state index contributed by atoms with van der Waals surface area (Å²) in [4.78, 5) is 24.7. The van der Waals surface area contributed by atoms with Gasteiger partial charge in [0, 0.05) is 5.92 Å². The lowest BCUT2D eigenvalue weighted by atomic mass is 9.53. The van der Waals surface area contributed by atoms with Gasteiger partial charge >= 0.3 is 11.9 Å². The van der Waals surface area contributed by atoms with Gasteiger partial charge in [-0.25, -0.2) is 0 Å². The van der Waals surface area contributed by atoms with Crippen molar-refractivity contribution < 1.29 is 14.3 Å². The summed E-state index contributed by atoms with van der Waals surface area (Å²) in [6.07, 6.45) is 2.87. The van der Waals surface area contributed by atoms with Gasteiger partial charge in [0.1, 0.15) is 0 Å². The Balaban J connectivity index is 2.01. The molecule has 1 aromatic carbocycles. The molecule has 2 aliphatic carbocycles. The van der Waals surface area contributed by atoms with E-state index in [9.17, 15) is 9.59 Å². The van der Waals surface area contributed by atoms with Crippen LogP contribution in [0.1, 0.15) is 50.2 Å². The van der Waals surface area contributed by atoms with Gasteiger partial charge in [-0.05, 0) is 36.3 Å². The van der Waals surface area contributed by atoms with Crippen LogP contribution in [0.5, 0.6) is 0 Å². The summed E-state index contributed by atoms with van der Waals surface area (Å²) in [5, 5.41) is 0. The van der Waals surface area contributed by atoms with Gasteiger partial charge in [0.2, 0.25) is 0 Å². The second kappa shape index (κ2) is 3.51. The standard InChI is InChI=1S/C17H18O3/c1-16-8-5-9-17(2)13(16)12(14(18)20-15(17)19)10-6-3-4-7-11(10)16/h3-4,6-7,12-13H,5,8-9H2,1-2H3. The monoisotopic (exact) mass is 270 g/mol. The van der Waals surface area contributed by atoms with Crippen LogP contribution >= 0.6 is 0 Å². The lowest BCUT2D eigenvalue weighted by molar-refractivity contribution is -0.185. The first-order valence-electron chi connectivity index (χ1n) is 7.34. The van der Waals surface area contributed by atoms with Crippen molar-refractivity contribution in [2.75, 3.05) is 0 Å². The Morgan fingerprint density at radius 2 is 1.80 bits per heavy atom. The maximum Gasteiger partial charge on any atom is 0.321 e. The van der Waals surface area contributed by atoms with Gasteiger partial charge in [0.05, 0.1) is 11.3 Å². The Kier molecular flexibility index (Phi) is 2.13. The lowest BCUT2D eigenvalue weighted by Crippen LogP contribution is -2.55. The molecule has 2 fully saturated rings. The number of carbonyl (C=O) groups is 2. The van der Waals surface area contributed by atoms with Crippen molar-refractivity contribution in [1.82, 2.24) is 0 Å². The van der Waals surface area contributed by atoms with E-state index in [0.717, 1.165) is 24.8 Å². The van der Waals surface area contributed by atoms with E-state index >= 15 is 0 Å². The fourth-order valence-electron chi connectivity index (χ4n) is 5.11. The number of hydrogen-bond donors (Lipinski definition) is 0. The molecule has 0 bridgehead atoms. The average molecular weight is 270 g/mol. The average Bonchev–Trinajstić information content (AvgIpc) is 2.69. The minimum atomic E-state index is -0.523. The molecule has 4 unspecified atom stereocenters. The largest absolute Gasteiger partial charge is 0.392 e. The van der Waals surface area contributed by atoms with E-state index in [-0.39, 0.29) is 29.2 Å². The minimum absolute atomic E-state index is 0.0508. The molecule has 0 spiro atoms. The topological polar surface area (TPSA) is 43.4 Å². The zero-order valence-corrected chi connectivity index (χ0v) is 11.8. The number of esters is 2. The molecule has 4 atom stereocenters. The van der Waals surface area contributed by atoms with Crippen molar-refractivity contribution in [3.05, 3.63) is 35.4 Å². The molecule has 1 aliphatic heterocycles. The first-order chi connectivity index (χ1) is 9.48. The van der Waals surface area contributed by atoms with Gasteiger partial charge < -0.3 is 4.74 Å². The van der Waals surface area contributed by atoms with Crippen molar-refractivity contribution in [3.63, 3.8) is 0 Å². The smallest absolute Gasteiger partial charge is 0.321 e. The second-order valence-electron chi connectivity index (χ2n) is 6.94. The number of rotatable bonds is 0. The molecule has 20 heavy (non-hydrogen) atoms. The predicted molar refractivity (Wildman–Crippen MR) is 73.1 cm³/mol. The van der Waals surface area contributed by atoms with Gasteiger partial charge in [-0.2, -0.15) is 0 Å². The molecule has 0 amide bonds. The summed E-state index contributed by atoms with van der Waals surface area (Å²) in [6, 6.07) is 8.15. The van der Waals surface area contributed by atoms with Crippen molar-refractivity contribution in [2.24, 2.45) is 11.3 Å². The highest BCUT2D eigenvalue weighted by atomic mass is 16.6. The van der Waals surface area contributed by atoms with Crippen molar-refractivity contribution in [1.29, 1.82) is 0 Å². The SMILES string of the molecule is CC12CCCC3(C)c4ccccc4C(C(=O)OC1=O)C23. The van der Waals surface area contributed by atoms with E-state index in [2.05, 4.69) is 13.0 Å². The van der Waals surface area contributed by atoms with Gasteiger partial charge in [-0.3, -0.25) is 9.59 Å². The Labute approximate surface area is 118 Å². The first kappa shape index (κ1) is 12.1. The number of hydrogen-bond acceptors (Lipinski definition) is 3. The summed E-state index contributed by atoms with van der Waals surface area (Å²) in [6.45, 7) is 4.21. The Morgan fingerprint density at radius 3 is 2.60 bits per heavy atom. The van der Waals surface area contributed by atoms with Crippen LogP contribution in [0, 0.1) is 11.3 Å². The third-order valence-corrected chi connectivity index (χ3v) is 5.92. The molecular weight excluding hydrogens is 252 g/mol. The van der Waals surface area contributed by atoms with Crippen LogP contribution in [0.3, 0.4) is 0 Å². The molecule has 1 heterocycles. The number of fused-ring (bicyclic) bond motifs is 3. The Bertz CT molecular complexity index is 635. The number of ether oxygens (including phenoxy) is 1. The van der Waals surface area contributed by atoms with Crippen molar-refractivity contribution in [2.45, 2.75) is 44.4 Å². The summed E-state index contributed by atoms with van der Waals surface area (Å²) in [7, 11) is 0. The van der Waals surface area contributed by atoms with E-state index in [0.29, 0.717) is 0 Å². The van der Waals surface area contributed by atoms with E-state index in [4.69, 9.17) is 4.74 Å². The van der Waals surface area contributed by atoms with E-state index in [1.165, 1.54) is 5.56 Å². The number of carbonyl (C=O) groups excluding carboxylic acids is 2. The van der Waals surface area contributed by atoms with E-state index < -0.39 is 5.41 Å². The van der Waals surface area contributed by atoms with Gasteiger partial charge in [0.25, 0.3) is 0 Å². The number of cyclic esters (lactones) is 2. The van der Waals surface area contributed by atoms with Gasteiger partial charge in [-0.1, -0.05) is 37.6 Å². The molecule has 0 radical (unpaired) electrons. The van der Waals surface area contributed by atoms with Crippen LogP contribution in [-0.2, 0) is 19.7 Å². The Morgan fingerprint density at radius 1 is 1.10 bits per heavy atom. The first-order valence-corrected chi connectivity index (χ1v) is 7.34. The van der Waals surface area contributed by atoms with Crippen LogP contribution in [0.4, 0.5) is 0 Å². The summed E-state index contributed by atoms with van der Waals surface area (Å²) in [5.41, 5.74) is 1.71. The summed E-state index contributed by atoms with van der Waals surface area (Å²) >= 11 is 0. The molecule has 104 valence electrons. The fraction of sp³-hybridized carbons (Fsp3) is 0.529. The highest BCUT2D eigenvalue weighted by Crippen LogP contribution is 2.65. The maximum absolute atomic E-state index is 12.3. The molecule has 0 N–H and O–H groups in total. The van der Waals surface area contributed by atoms with Gasteiger partial charge in [-0.15, -0.1) is 0 Å². The predicted octanol–water partition coefficient (Wildman–Crippen LogP) is 2.93. The normalized spacial score (nSPS) is 41.9. The van der Waals surface area contributed by atoms with Gasteiger partial charge in [0.15, 0.2) is 0 Å².